The molecule has 1 fully saturated rings. The molecule has 1 saturated heterocycles. The SMILES string of the molecule is CCN=C1NC(=O)C(CC)(c2ccc(C)cc2)N1. The molecule has 1 heterocycles. The Morgan fingerprint density at radius 2 is 1.89 bits per heavy atom. The summed E-state index contributed by atoms with van der Waals surface area (Å²) in [7, 11) is 0. The summed E-state index contributed by atoms with van der Waals surface area (Å²) < 4.78 is 0. The van der Waals surface area contributed by atoms with Gasteiger partial charge in [-0.15, -0.1) is 0 Å². The van der Waals surface area contributed by atoms with Crippen LogP contribution in [0.5, 0.6) is 0 Å². The number of rotatable bonds is 3. The van der Waals surface area contributed by atoms with Gasteiger partial charge in [-0.1, -0.05) is 36.8 Å². The van der Waals surface area contributed by atoms with E-state index in [1.807, 2.05) is 45.0 Å². The van der Waals surface area contributed by atoms with Crippen molar-refractivity contribution in [1.82, 2.24) is 10.6 Å². The molecular weight excluding hydrogens is 226 g/mol. The van der Waals surface area contributed by atoms with Crippen LogP contribution >= 0.6 is 0 Å². The van der Waals surface area contributed by atoms with Crippen molar-refractivity contribution in [3.8, 4) is 0 Å². The fourth-order valence-electron chi connectivity index (χ4n) is 2.24. The zero-order valence-corrected chi connectivity index (χ0v) is 11.1. The third-order valence-corrected chi connectivity index (χ3v) is 3.34. The minimum absolute atomic E-state index is 0.0268. The van der Waals surface area contributed by atoms with Crippen LogP contribution in [0.2, 0.25) is 0 Å². The molecule has 1 aromatic rings. The molecule has 0 aromatic heterocycles. The Labute approximate surface area is 108 Å². The predicted octanol–water partition coefficient (Wildman–Crippen LogP) is 1.70. The smallest absolute Gasteiger partial charge is 0.257 e. The second kappa shape index (κ2) is 4.80. The summed E-state index contributed by atoms with van der Waals surface area (Å²) in [4.78, 5) is 16.5. The van der Waals surface area contributed by atoms with Crippen LogP contribution < -0.4 is 10.6 Å². The average Bonchev–Trinajstić information content (AvgIpc) is 2.68. The summed E-state index contributed by atoms with van der Waals surface area (Å²) in [5, 5.41) is 6.04. The topological polar surface area (TPSA) is 53.5 Å². The maximum Gasteiger partial charge on any atom is 0.257 e. The highest BCUT2D eigenvalue weighted by Gasteiger charge is 2.44. The maximum absolute atomic E-state index is 12.2. The van der Waals surface area contributed by atoms with Crippen molar-refractivity contribution in [1.29, 1.82) is 0 Å². The summed E-state index contributed by atoms with van der Waals surface area (Å²) in [5.74, 6) is 0.547. The van der Waals surface area contributed by atoms with Gasteiger partial charge in [-0.05, 0) is 25.8 Å². The van der Waals surface area contributed by atoms with Gasteiger partial charge >= 0.3 is 0 Å². The van der Waals surface area contributed by atoms with E-state index in [0.29, 0.717) is 18.9 Å². The van der Waals surface area contributed by atoms with Gasteiger partial charge in [-0.25, -0.2) is 0 Å². The third kappa shape index (κ3) is 1.98. The Bertz CT molecular complexity index is 478. The Morgan fingerprint density at radius 1 is 1.22 bits per heavy atom. The molecule has 1 unspecified atom stereocenters. The van der Waals surface area contributed by atoms with Gasteiger partial charge in [0, 0.05) is 6.54 Å². The van der Waals surface area contributed by atoms with Crippen LogP contribution in [0.1, 0.15) is 31.4 Å². The highest BCUT2D eigenvalue weighted by atomic mass is 16.2. The first-order valence-corrected chi connectivity index (χ1v) is 6.33. The highest BCUT2D eigenvalue weighted by molar-refractivity contribution is 6.09. The van der Waals surface area contributed by atoms with Gasteiger partial charge in [0.05, 0.1) is 0 Å². The van der Waals surface area contributed by atoms with Crippen LogP contribution in [0, 0.1) is 6.92 Å². The van der Waals surface area contributed by atoms with E-state index in [9.17, 15) is 4.79 Å². The molecule has 0 spiro atoms. The first kappa shape index (κ1) is 12.6. The Hall–Kier alpha value is -1.84. The van der Waals surface area contributed by atoms with Crippen molar-refractivity contribution >= 4 is 11.9 Å². The number of amides is 1. The van der Waals surface area contributed by atoms with E-state index < -0.39 is 5.54 Å². The molecule has 1 aliphatic heterocycles. The number of aliphatic imine (C=N–C) groups is 1. The van der Waals surface area contributed by atoms with Crippen LogP contribution in [-0.4, -0.2) is 18.4 Å². The van der Waals surface area contributed by atoms with E-state index in [1.165, 1.54) is 5.56 Å². The van der Waals surface area contributed by atoms with Crippen LogP contribution in [0.25, 0.3) is 0 Å². The van der Waals surface area contributed by atoms with E-state index >= 15 is 0 Å². The summed E-state index contributed by atoms with van der Waals surface area (Å²) >= 11 is 0. The molecule has 1 amide bonds. The van der Waals surface area contributed by atoms with E-state index in [4.69, 9.17) is 0 Å². The minimum Gasteiger partial charge on any atom is -0.338 e. The van der Waals surface area contributed by atoms with Gasteiger partial charge in [0.15, 0.2) is 5.96 Å². The van der Waals surface area contributed by atoms with Crippen molar-refractivity contribution in [3.05, 3.63) is 35.4 Å². The summed E-state index contributed by atoms with van der Waals surface area (Å²) in [5.41, 5.74) is 1.49. The van der Waals surface area contributed by atoms with E-state index in [0.717, 1.165) is 5.56 Å². The molecule has 0 radical (unpaired) electrons. The Balaban J connectivity index is 2.40. The molecular formula is C14H19N3O. The standard InChI is InChI=1S/C14H19N3O/c1-4-14(11-8-6-10(3)7-9-11)12(18)16-13(17-14)15-5-2/h6-9H,4-5H2,1-3H3,(H2,15,16,17,18). The monoisotopic (exact) mass is 245 g/mol. The van der Waals surface area contributed by atoms with E-state index in [2.05, 4.69) is 15.6 Å². The second-order valence-electron chi connectivity index (χ2n) is 4.53. The van der Waals surface area contributed by atoms with Crippen LogP contribution in [0.4, 0.5) is 0 Å². The lowest BCUT2D eigenvalue weighted by molar-refractivity contribution is -0.124. The molecule has 0 bridgehead atoms. The molecule has 96 valence electrons. The van der Waals surface area contributed by atoms with Crippen molar-refractivity contribution in [2.75, 3.05) is 6.54 Å². The maximum atomic E-state index is 12.2. The zero-order valence-electron chi connectivity index (χ0n) is 11.1. The average molecular weight is 245 g/mol. The second-order valence-corrected chi connectivity index (χ2v) is 4.53. The molecule has 1 aromatic carbocycles. The van der Waals surface area contributed by atoms with Gasteiger partial charge in [-0.2, -0.15) is 0 Å². The Kier molecular flexibility index (Phi) is 3.36. The molecule has 2 N–H and O–H groups in total. The quantitative estimate of drug-likeness (QED) is 0.851. The molecule has 0 aliphatic carbocycles. The number of carbonyl (C=O) groups excluding carboxylic acids is 1. The summed E-state index contributed by atoms with van der Waals surface area (Å²) in [6.07, 6.45) is 0.685. The molecule has 4 nitrogen and oxygen atoms in total. The summed E-state index contributed by atoms with van der Waals surface area (Å²) in [6.45, 7) is 6.63. The summed E-state index contributed by atoms with van der Waals surface area (Å²) in [6, 6.07) is 8.05. The molecule has 1 atom stereocenters. The van der Waals surface area contributed by atoms with Crippen molar-refractivity contribution in [3.63, 3.8) is 0 Å². The fourth-order valence-corrected chi connectivity index (χ4v) is 2.24. The van der Waals surface area contributed by atoms with E-state index in [-0.39, 0.29) is 5.91 Å². The van der Waals surface area contributed by atoms with Crippen LogP contribution in [0.15, 0.2) is 29.3 Å². The molecule has 4 heteroatoms. The molecule has 1 aliphatic rings. The molecule has 2 rings (SSSR count). The number of carbonyl (C=O) groups is 1. The van der Waals surface area contributed by atoms with Crippen molar-refractivity contribution in [2.45, 2.75) is 32.7 Å². The third-order valence-electron chi connectivity index (χ3n) is 3.34. The predicted molar refractivity (Wildman–Crippen MR) is 72.4 cm³/mol. The minimum atomic E-state index is -0.679. The van der Waals surface area contributed by atoms with Gasteiger partial charge in [-0.3, -0.25) is 15.1 Å². The number of nitrogens with zero attached hydrogens (tertiary/aromatic N) is 1. The number of benzene rings is 1. The number of nitrogens with one attached hydrogen (secondary N) is 2. The van der Waals surface area contributed by atoms with Crippen molar-refractivity contribution in [2.24, 2.45) is 4.99 Å². The van der Waals surface area contributed by atoms with Gasteiger partial charge in [0.1, 0.15) is 5.54 Å². The largest absolute Gasteiger partial charge is 0.338 e. The van der Waals surface area contributed by atoms with E-state index in [1.54, 1.807) is 0 Å². The number of hydrogen-bond donors (Lipinski definition) is 2. The number of hydrogen-bond acceptors (Lipinski definition) is 2. The highest BCUT2D eigenvalue weighted by Crippen LogP contribution is 2.28. The van der Waals surface area contributed by atoms with Gasteiger partial charge < -0.3 is 5.32 Å². The van der Waals surface area contributed by atoms with Gasteiger partial charge in [0.25, 0.3) is 5.91 Å². The first-order valence-electron chi connectivity index (χ1n) is 6.33. The zero-order chi connectivity index (χ0) is 13.2. The lowest BCUT2D eigenvalue weighted by Gasteiger charge is -2.25. The fraction of sp³-hybridized carbons (Fsp3) is 0.429. The number of guanidine groups is 1. The molecule has 18 heavy (non-hydrogen) atoms. The van der Waals surface area contributed by atoms with Crippen LogP contribution in [-0.2, 0) is 10.3 Å². The first-order chi connectivity index (χ1) is 8.62. The van der Waals surface area contributed by atoms with Crippen molar-refractivity contribution < 1.29 is 4.79 Å². The number of aryl methyl sites for hydroxylation is 1. The lowest BCUT2D eigenvalue weighted by atomic mass is 9.87. The van der Waals surface area contributed by atoms with Gasteiger partial charge in [0.2, 0.25) is 0 Å². The molecule has 0 saturated carbocycles. The lowest BCUT2D eigenvalue weighted by Crippen LogP contribution is -2.43. The normalized spacial score (nSPS) is 25.1. The Morgan fingerprint density at radius 3 is 2.44 bits per heavy atom. The van der Waals surface area contributed by atoms with Crippen LogP contribution in [0.3, 0.4) is 0 Å².